The summed E-state index contributed by atoms with van der Waals surface area (Å²) in [5.74, 6) is 1.38. The van der Waals surface area contributed by atoms with E-state index in [-0.39, 0.29) is 5.92 Å². The summed E-state index contributed by atoms with van der Waals surface area (Å²) >= 11 is 0. The van der Waals surface area contributed by atoms with E-state index in [1.807, 2.05) is 0 Å². The van der Waals surface area contributed by atoms with E-state index in [9.17, 15) is 13.2 Å². The first-order valence-corrected chi connectivity index (χ1v) is 6.60. The zero-order valence-electron chi connectivity index (χ0n) is 11.4. The van der Waals surface area contributed by atoms with E-state index in [4.69, 9.17) is 4.52 Å². The molecule has 7 heteroatoms. The van der Waals surface area contributed by atoms with Gasteiger partial charge in [-0.15, -0.1) is 0 Å². The van der Waals surface area contributed by atoms with Crippen molar-refractivity contribution >= 4 is 0 Å². The number of benzene rings is 1. The Morgan fingerprint density at radius 1 is 1.33 bits per heavy atom. The number of aryl methyl sites for hydroxylation is 1. The second-order valence-corrected chi connectivity index (χ2v) is 5.27. The Kier molecular flexibility index (Phi) is 3.44. The predicted octanol–water partition coefficient (Wildman–Crippen LogP) is 3.00. The average Bonchev–Trinajstić information content (AvgIpc) is 2.79. The van der Waals surface area contributed by atoms with Crippen molar-refractivity contribution in [2.75, 3.05) is 13.1 Å². The third kappa shape index (κ3) is 3.07. The van der Waals surface area contributed by atoms with Crippen LogP contribution in [0.4, 0.5) is 13.2 Å². The van der Waals surface area contributed by atoms with Crippen LogP contribution < -0.4 is 0 Å². The lowest BCUT2D eigenvalue weighted by atomic mass is 9.99. The molecular formula is C14H14F3N3O. The van der Waals surface area contributed by atoms with Crippen LogP contribution in [0.3, 0.4) is 0 Å². The van der Waals surface area contributed by atoms with Crippen LogP contribution in [0.1, 0.15) is 28.8 Å². The molecule has 0 amide bonds. The molecule has 1 saturated heterocycles. The maximum Gasteiger partial charge on any atom is 0.416 e. The van der Waals surface area contributed by atoms with Crippen LogP contribution in [-0.2, 0) is 12.7 Å². The first kappa shape index (κ1) is 14.1. The highest BCUT2D eigenvalue weighted by molar-refractivity contribution is 5.26. The number of hydrogen-bond acceptors (Lipinski definition) is 4. The van der Waals surface area contributed by atoms with Crippen molar-refractivity contribution in [1.29, 1.82) is 0 Å². The Hall–Kier alpha value is -1.89. The fourth-order valence-electron chi connectivity index (χ4n) is 2.44. The Morgan fingerprint density at radius 2 is 2.10 bits per heavy atom. The monoisotopic (exact) mass is 297 g/mol. The second kappa shape index (κ2) is 5.14. The topological polar surface area (TPSA) is 42.2 Å². The van der Waals surface area contributed by atoms with E-state index in [0.717, 1.165) is 19.2 Å². The molecule has 112 valence electrons. The van der Waals surface area contributed by atoms with Crippen LogP contribution in [0.15, 0.2) is 28.8 Å². The zero-order valence-corrected chi connectivity index (χ0v) is 11.4. The Balaban J connectivity index is 1.59. The summed E-state index contributed by atoms with van der Waals surface area (Å²) in [5, 5.41) is 3.74. The number of rotatable bonds is 3. The highest BCUT2D eigenvalue weighted by Crippen LogP contribution is 2.31. The minimum Gasteiger partial charge on any atom is -0.339 e. The zero-order chi connectivity index (χ0) is 15.0. The van der Waals surface area contributed by atoms with E-state index in [1.165, 1.54) is 12.1 Å². The number of likely N-dealkylation sites (tertiary alicyclic amines) is 1. The first-order chi connectivity index (χ1) is 9.91. The third-order valence-electron chi connectivity index (χ3n) is 3.51. The summed E-state index contributed by atoms with van der Waals surface area (Å²) < 4.78 is 43.0. The number of aromatic nitrogens is 2. The maximum absolute atomic E-state index is 12.6. The number of alkyl halides is 3. The van der Waals surface area contributed by atoms with Gasteiger partial charge in [0.05, 0.1) is 11.5 Å². The molecule has 0 saturated carbocycles. The SMILES string of the molecule is Cc1noc(C2CN(Cc3cccc(C(F)(F)F)c3)C2)n1. The molecule has 0 radical (unpaired) electrons. The lowest BCUT2D eigenvalue weighted by Gasteiger charge is -2.37. The third-order valence-corrected chi connectivity index (χ3v) is 3.51. The van der Waals surface area contributed by atoms with Gasteiger partial charge in [0.1, 0.15) is 0 Å². The van der Waals surface area contributed by atoms with Gasteiger partial charge >= 0.3 is 6.18 Å². The molecule has 2 aromatic rings. The molecule has 1 aromatic heterocycles. The number of hydrogen-bond donors (Lipinski definition) is 0. The minimum absolute atomic E-state index is 0.178. The van der Waals surface area contributed by atoms with E-state index in [2.05, 4.69) is 15.0 Å². The van der Waals surface area contributed by atoms with Crippen LogP contribution >= 0.6 is 0 Å². The molecule has 1 aromatic carbocycles. The second-order valence-electron chi connectivity index (χ2n) is 5.27. The maximum atomic E-state index is 12.6. The van der Waals surface area contributed by atoms with Crippen molar-refractivity contribution in [3.8, 4) is 0 Å². The molecule has 21 heavy (non-hydrogen) atoms. The van der Waals surface area contributed by atoms with Gasteiger partial charge in [0, 0.05) is 19.6 Å². The van der Waals surface area contributed by atoms with Crippen molar-refractivity contribution in [2.24, 2.45) is 0 Å². The highest BCUT2D eigenvalue weighted by Gasteiger charge is 2.33. The number of nitrogens with zero attached hydrogens (tertiary/aromatic N) is 3. The van der Waals surface area contributed by atoms with Crippen LogP contribution in [0.25, 0.3) is 0 Å². The van der Waals surface area contributed by atoms with E-state index < -0.39 is 11.7 Å². The molecule has 0 bridgehead atoms. The molecular weight excluding hydrogens is 283 g/mol. The number of halogens is 3. The molecule has 3 rings (SSSR count). The molecule has 1 aliphatic rings. The molecule has 4 nitrogen and oxygen atoms in total. The van der Waals surface area contributed by atoms with E-state index in [0.29, 0.717) is 23.8 Å². The predicted molar refractivity (Wildman–Crippen MR) is 68.5 cm³/mol. The van der Waals surface area contributed by atoms with Gasteiger partial charge in [0.15, 0.2) is 5.82 Å². The normalized spacial score (nSPS) is 17.0. The van der Waals surface area contributed by atoms with Gasteiger partial charge in [-0.05, 0) is 18.6 Å². The van der Waals surface area contributed by atoms with Gasteiger partial charge in [-0.3, -0.25) is 4.90 Å². The fourth-order valence-corrected chi connectivity index (χ4v) is 2.44. The summed E-state index contributed by atoms with van der Waals surface area (Å²) in [6.07, 6.45) is -4.30. The van der Waals surface area contributed by atoms with Gasteiger partial charge in [-0.25, -0.2) is 0 Å². The lowest BCUT2D eigenvalue weighted by molar-refractivity contribution is -0.137. The fraction of sp³-hybridized carbons (Fsp3) is 0.429. The van der Waals surface area contributed by atoms with Gasteiger partial charge in [0.25, 0.3) is 0 Å². The van der Waals surface area contributed by atoms with Crippen molar-refractivity contribution in [3.63, 3.8) is 0 Å². The Bertz CT molecular complexity index is 632. The first-order valence-electron chi connectivity index (χ1n) is 6.60. The Morgan fingerprint density at radius 3 is 2.71 bits per heavy atom. The summed E-state index contributed by atoms with van der Waals surface area (Å²) in [4.78, 5) is 6.22. The minimum atomic E-state index is -4.30. The molecule has 1 aliphatic heterocycles. The average molecular weight is 297 g/mol. The van der Waals surface area contributed by atoms with Gasteiger partial charge in [-0.1, -0.05) is 23.4 Å². The summed E-state index contributed by atoms with van der Waals surface area (Å²) in [6, 6.07) is 5.43. The highest BCUT2D eigenvalue weighted by atomic mass is 19.4. The summed E-state index contributed by atoms with van der Waals surface area (Å²) in [7, 11) is 0. The molecule has 0 atom stereocenters. The van der Waals surface area contributed by atoms with Gasteiger partial charge in [-0.2, -0.15) is 18.2 Å². The van der Waals surface area contributed by atoms with Crippen molar-refractivity contribution < 1.29 is 17.7 Å². The molecule has 0 unspecified atom stereocenters. The van der Waals surface area contributed by atoms with Crippen LogP contribution in [0, 0.1) is 6.92 Å². The molecule has 1 fully saturated rings. The van der Waals surface area contributed by atoms with E-state index in [1.54, 1.807) is 13.0 Å². The molecule has 0 spiro atoms. The van der Waals surface area contributed by atoms with E-state index >= 15 is 0 Å². The lowest BCUT2D eigenvalue weighted by Crippen LogP contribution is -2.44. The van der Waals surface area contributed by atoms with Crippen molar-refractivity contribution in [2.45, 2.75) is 25.6 Å². The quantitative estimate of drug-likeness (QED) is 0.873. The largest absolute Gasteiger partial charge is 0.416 e. The van der Waals surface area contributed by atoms with Crippen molar-refractivity contribution in [1.82, 2.24) is 15.0 Å². The molecule has 0 aliphatic carbocycles. The smallest absolute Gasteiger partial charge is 0.339 e. The van der Waals surface area contributed by atoms with Crippen molar-refractivity contribution in [3.05, 3.63) is 47.1 Å². The molecule has 0 N–H and O–H groups in total. The van der Waals surface area contributed by atoms with Gasteiger partial charge in [0.2, 0.25) is 5.89 Å². The Labute approximate surface area is 119 Å². The van der Waals surface area contributed by atoms with Crippen LogP contribution in [0.5, 0.6) is 0 Å². The van der Waals surface area contributed by atoms with Crippen LogP contribution in [-0.4, -0.2) is 28.1 Å². The standard InChI is InChI=1S/C14H14F3N3O/c1-9-18-13(21-19-9)11-7-20(8-11)6-10-3-2-4-12(5-10)14(15,16)17/h2-5,11H,6-8H2,1H3. The molecule has 2 heterocycles. The summed E-state index contributed by atoms with van der Waals surface area (Å²) in [5.41, 5.74) is 0.0505. The summed E-state index contributed by atoms with van der Waals surface area (Å²) in [6.45, 7) is 3.69. The van der Waals surface area contributed by atoms with Gasteiger partial charge < -0.3 is 4.52 Å². The van der Waals surface area contributed by atoms with Crippen LogP contribution in [0.2, 0.25) is 0 Å².